The lowest BCUT2D eigenvalue weighted by Crippen LogP contribution is -2.07. The number of benzene rings is 1. The first-order valence-electron chi connectivity index (χ1n) is 5.53. The number of H-pyrrole nitrogens is 1. The van der Waals surface area contributed by atoms with Gasteiger partial charge in [0, 0.05) is 22.7 Å². The molecule has 0 fully saturated rings. The van der Waals surface area contributed by atoms with Crippen LogP contribution in [0.3, 0.4) is 0 Å². The van der Waals surface area contributed by atoms with Crippen LogP contribution in [0.5, 0.6) is 0 Å². The molecule has 0 unspecified atom stereocenters. The average molecular weight is 243 g/mol. The van der Waals surface area contributed by atoms with Crippen LogP contribution in [0.2, 0.25) is 0 Å². The van der Waals surface area contributed by atoms with E-state index in [9.17, 15) is 9.18 Å². The molecule has 0 saturated carbocycles. The molecule has 0 aliphatic rings. The minimum Gasteiger partial charge on any atom is -0.453 e. The zero-order valence-electron chi connectivity index (χ0n) is 9.66. The lowest BCUT2D eigenvalue weighted by atomic mass is 10.1. The smallest absolute Gasteiger partial charge is 0.250 e. The van der Waals surface area contributed by atoms with Gasteiger partial charge in [-0.05, 0) is 25.1 Å². The Bertz CT molecular complexity index is 786. The van der Waals surface area contributed by atoms with Gasteiger partial charge in [-0.1, -0.05) is 12.1 Å². The number of aryl methyl sites for hydroxylation is 1. The van der Waals surface area contributed by atoms with Crippen molar-refractivity contribution >= 4 is 11.0 Å². The molecule has 0 bridgehead atoms. The van der Waals surface area contributed by atoms with E-state index in [0.29, 0.717) is 16.7 Å². The third-order valence-corrected chi connectivity index (χ3v) is 2.87. The highest BCUT2D eigenvalue weighted by atomic mass is 19.1. The van der Waals surface area contributed by atoms with Crippen molar-refractivity contribution in [2.45, 2.75) is 6.92 Å². The molecule has 90 valence electrons. The highest BCUT2D eigenvalue weighted by Gasteiger charge is 2.10. The van der Waals surface area contributed by atoms with E-state index in [1.807, 2.05) is 0 Å². The molecule has 4 heteroatoms. The first-order chi connectivity index (χ1) is 8.65. The zero-order valence-corrected chi connectivity index (χ0v) is 9.66. The van der Waals surface area contributed by atoms with Crippen molar-refractivity contribution in [3.05, 3.63) is 58.3 Å². The minimum absolute atomic E-state index is 0.138. The van der Waals surface area contributed by atoms with Gasteiger partial charge < -0.3 is 9.40 Å². The number of para-hydroxylation sites is 1. The monoisotopic (exact) mass is 243 g/mol. The second-order valence-electron chi connectivity index (χ2n) is 4.17. The van der Waals surface area contributed by atoms with Crippen LogP contribution in [0.1, 0.15) is 5.56 Å². The van der Waals surface area contributed by atoms with E-state index in [4.69, 9.17) is 4.42 Å². The summed E-state index contributed by atoms with van der Waals surface area (Å²) in [6, 6.07) is 8.24. The summed E-state index contributed by atoms with van der Waals surface area (Å²) in [5.41, 5.74) is 1.41. The van der Waals surface area contributed by atoms with Gasteiger partial charge in [-0.3, -0.25) is 4.79 Å². The van der Waals surface area contributed by atoms with Crippen LogP contribution in [0.25, 0.3) is 22.3 Å². The van der Waals surface area contributed by atoms with Crippen LogP contribution < -0.4 is 5.56 Å². The van der Waals surface area contributed by atoms with Crippen molar-refractivity contribution in [3.63, 3.8) is 0 Å². The van der Waals surface area contributed by atoms with Crippen molar-refractivity contribution in [2.75, 3.05) is 0 Å². The molecule has 1 N–H and O–H groups in total. The molecule has 0 aliphatic heterocycles. The van der Waals surface area contributed by atoms with E-state index < -0.39 is 0 Å². The quantitative estimate of drug-likeness (QED) is 0.713. The molecule has 0 saturated heterocycles. The number of fused-ring (bicyclic) bond motifs is 1. The fourth-order valence-corrected chi connectivity index (χ4v) is 1.91. The average Bonchev–Trinajstić information content (AvgIpc) is 2.78. The Labute approximate surface area is 102 Å². The molecule has 2 heterocycles. The van der Waals surface area contributed by atoms with Gasteiger partial charge in [-0.25, -0.2) is 4.39 Å². The van der Waals surface area contributed by atoms with Gasteiger partial charge in [-0.15, -0.1) is 0 Å². The maximum atomic E-state index is 13.5. The second kappa shape index (κ2) is 3.84. The van der Waals surface area contributed by atoms with Crippen molar-refractivity contribution < 1.29 is 8.81 Å². The number of hydrogen-bond donors (Lipinski definition) is 1. The summed E-state index contributed by atoms with van der Waals surface area (Å²) in [5.74, 6) is 0.148. The molecule has 0 radical (unpaired) electrons. The normalized spacial score (nSPS) is 11.0. The van der Waals surface area contributed by atoms with Gasteiger partial charge in [0.15, 0.2) is 11.4 Å². The highest BCUT2D eigenvalue weighted by molar-refractivity contribution is 5.83. The van der Waals surface area contributed by atoms with Gasteiger partial charge >= 0.3 is 0 Å². The summed E-state index contributed by atoms with van der Waals surface area (Å²) in [6.45, 7) is 1.71. The minimum atomic E-state index is -0.389. The Hall–Kier alpha value is -2.36. The predicted octanol–water partition coefficient (Wildman–Crippen LogP) is 3.24. The molecule has 2 aromatic heterocycles. The Morgan fingerprint density at radius 1 is 1.28 bits per heavy atom. The molecule has 0 atom stereocenters. The van der Waals surface area contributed by atoms with Crippen molar-refractivity contribution in [1.82, 2.24) is 4.98 Å². The number of aromatic amines is 1. The lowest BCUT2D eigenvalue weighted by Gasteiger charge is -1.97. The molecule has 3 rings (SSSR count). The summed E-state index contributed by atoms with van der Waals surface area (Å²) in [5, 5.41) is 0.703. The molecule has 18 heavy (non-hydrogen) atoms. The van der Waals surface area contributed by atoms with Crippen LogP contribution in [0.15, 0.2) is 45.7 Å². The van der Waals surface area contributed by atoms with Gasteiger partial charge in [0.1, 0.15) is 5.76 Å². The van der Waals surface area contributed by atoms with Crippen LogP contribution >= 0.6 is 0 Å². The van der Waals surface area contributed by atoms with Gasteiger partial charge in [-0.2, -0.15) is 0 Å². The number of rotatable bonds is 1. The second-order valence-corrected chi connectivity index (χ2v) is 4.17. The van der Waals surface area contributed by atoms with Gasteiger partial charge in [0.05, 0.1) is 0 Å². The third kappa shape index (κ3) is 1.62. The topological polar surface area (TPSA) is 46.0 Å². The van der Waals surface area contributed by atoms with E-state index in [-0.39, 0.29) is 17.0 Å². The Balaban J connectivity index is 2.22. The van der Waals surface area contributed by atoms with Crippen LogP contribution in [-0.2, 0) is 0 Å². The SMILES string of the molecule is Cc1cc(-c2cc3cccc(F)c3o2)c[nH]c1=O. The number of nitrogens with one attached hydrogen (secondary N) is 1. The number of aromatic nitrogens is 1. The van der Waals surface area contributed by atoms with Gasteiger partial charge in [0.25, 0.3) is 5.56 Å². The van der Waals surface area contributed by atoms with E-state index in [2.05, 4.69) is 4.98 Å². The fourth-order valence-electron chi connectivity index (χ4n) is 1.91. The molecule has 0 aliphatic carbocycles. The van der Waals surface area contributed by atoms with Crippen LogP contribution in [-0.4, -0.2) is 4.98 Å². The Morgan fingerprint density at radius 3 is 2.83 bits per heavy atom. The maximum absolute atomic E-state index is 13.5. The predicted molar refractivity (Wildman–Crippen MR) is 67.0 cm³/mol. The number of pyridine rings is 1. The molecule has 0 amide bonds. The van der Waals surface area contributed by atoms with Crippen LogP contribution in [0, 0.1) is 12.7 Å². The molecular formula is C14H10FNO2. The standard InChI is InChI=1S/C14H10FNO2/c1-8-5-10(7-16-14(8)17)12-6-9-3-2-4-11(15)13(9)18-12/h2-7H,1H3,(H,16,17). The maximum Gasteiger partial charge on any atom is 0.250 e. The van der Waals surface area contributed by atoms with E-state index in [0.717, 1.165) is 5.56 Å². The molecular weight excluding hydrogens is 233 g/mol. The van der Waals surface area contributed by atoms with Gasteiger partial charge in [0.2, 0.25) is 0 Å². The molecule has 1 aromatic carbocycles. The summed E-state index contributed by atoms with van der Waals surface area (Å²) in [6.07, 6.45) is 1.56. The zero-order chi connectivity index (χ0) is 12.7. The summed E-state index contributed by atoms with van der Waals surface area (Å²) in [4.78, 5) is 13.9. The number of furan rings is 1. The van der Waals surface area contributed by atoms with E-state index in [1.165, 1.54) is 6.07 Å². The van der Waals surface area contributed by atoms with Crippen molar-refractivity contribution in [1.29, 1.82) is 0 Å². The van der Waals surface area contributed by atoms with Crippen molar-refractivity contribution in [3.8, 4) is 11.3 Å². The summed E-state index contributed by atoms with van der Waals surface area (Å²) < 4.78 is 19.0. The van der Waals surface area contributed by atoms with Crippen molar-refractivity contribution in [2.24, 2.45) is 0 Å². The van der Waals surface area contributed by atoms with E-state index >= 15 is 0 Å². The molecule has 3 aromatic rings. The lowest BCUT2D eigenvalue weighted by molar-refractivity contribution is 0.568. The molecule has 0 spiro atoms. The molecule has 3 nitrogen and oxygen atoms in total. The van der Waals surface area contributed by atoms with E-state index in [1.54, 1.807) is 37.4 Å². The first kappa shape index (κ1) is 10.8. The first-order valence-corrected chi connectivity index (χ1v) is 5.53. The largest absolute Gasteiger partial charge is 0.453 e. The number of halogens is 1. The van der Waals surface area contributed by atoms with Crippen LogP contribution in [0.4, 0.5) is 4.39 Å². The summed E-state index contributed by atoms with van der Waals surface area (Å²) in [7, 11) is 0. The fraction of sp³-hybridized carbons (Fsp3) is 0.0714. The summed E-state index contributed by atoms with van der Waals surface area (Å²) >= 11 is 0. The highest BCUT2D eigenvalue weighted by Crippen LogP contribution is 2.28. The Kier molecular flexibility index (Phi) is 2.30. The Morgan fingerprint density at radius 2 is 2.11 bits per heavy atom. The number of hydrogen-bond acceptors (Lipinski definition) is 2. The third-order valence-electron chi connectivity index (χ3n) is 2.87.